The van der Waals surface area contributed by atoms with Crippen molar-refractivity contribution in [2.45, 2.75) is 37.6 Å². The number of amidine groups is 1. The van der Waals surface area contributed by atoms with Crippen LogP contribution in [0, 0.1) is 23.5 Å². The molecule has 0 saturated heterocycles. The highest BCUT2D eigenvalue weighted by molar-refractivity contribution is 5.95. The minimum Gasteiger partial charge on any atom is -0.463 e. The van der Waals surface area contributed by atoms with Crippen LogP contribution in [0.5, 0.6) is 5.88 Å². The largest absolute Gasteiger partial charge is 0.463 e. The minimum atomic E-state index is -4.97. The third-order valence-corrected chi connectivity index (χ3v) is 5.03. The first-order valence-electron chi connectivity index (χ1n) is 10.00. The summed E-state index contributed by atoms with van der Waals surface area (Å²) >= 11 is 0. The lowest BCUT2D eigenvalue weighted by atomic mass is 9.83. The Balaban J connectivity index is 1.90. The van der Waals surface area contributed by atoms with Gasteiger partial charge in [-0.1, -0.05) is 5.92 Å². The van der Waals surface area contributed by atoms with E-state index < -0.39 is 66.3 Å². The molecule has 1 aromatic carbocycles. The molecule has 1 aliphatic heterocycles. The van der Waals surface area contributed by atoms with Gasteiger partial charge in [0, 0.05) is 18.4 Å². The molecule has 0 unspecified atom stereocenters. The Morgan fingerprint density at radius 2 is 2.03 bits per heavy atom. The molecule has 7 nitrogen and oxygen atoms in total. The Bertz CT molecular complexity index is 1190. The molecule has 0 saturated carbocycles. The summed E-state index contributed by atoms with van der Waals surface area (Å²) < 4.78 is 92.5. The molecule has 13 heteroatoms. The number of Topliss-reactive ketones (excluding diaryl/α,β-unsaturated/α-hetero) is 1. The highest BCUT2D eigenvalue weighted by Crippen LogP contribution is 2.42. The second-order valence-corrected chi connectivity index (χ2v) is 7.46. The maximum absolute atomic E-state index is 14.7. The van der Waals surface area contributed by atoms with Gasteiger partial charge in [-0.3, -0.25) is 4.79 Å². The zero-order chi connectivity index (χ0) is 25.8. The van der Waals surface area contributed by atoms with Crippen molar-refractivity contribution < 1.29 is 40.6 Å². The summed E-state index contributed by atoms with van der Waals surface area (Å²) in [6.07, 6.45) is -7.03. The molecule has 2 N–H and O–H groups in total. The summed E-state index contributed by atoms with van der Waals surface area (Å²) in [5.41, 5.74) is 1.68. The van der Waals surface area contributed by atoms with Gasteiger partial charge < -0.3 is 15.2 Å². The molecular formula is C22H18F6N4O3. The SMILES string of the molecule is CC#CCOc1cnc(C(=O)Cc2cc(F)c(F)c([C@]3(CF)C[C@@H](C(F)(F)F)OC(N)=N3)c2)cn1. The van der Waals surface area contributed by atoms with Crippen LogP contribution in [0.3, 0.4) is 0 Å². The number of carbonyl (C=O) groups is 1. The Morgan fingerprint density at radius 1 is 1.29 bits per heavy atom. The van der Waals surface area contributed by atoms with Crippen molar-refractivity contribution in [2.24, 2.45) is 10.7 Å². The van der Waals surface area contributed by atoms with Gasteiger partial charge >= 0.3 is 6.18 Å². The highest BCUT2D eigenvalue weighted by atomic mass is 19.4. The number of carbonyl (C=O) groups excluding carboxylic acids is 1. The molecule has 0 radical (unpaired) electrons. The van der Waals surface area contributed by atoms with E-state index in [0.717, 1.165) is 18.5 Å². The number of hydrogen-bond acceptors (Lipinski definition) is 7. The number of ether oxygens (including phenoxy) is 2. The fourth-order valence-electron chi connectivity index (χ4n) is 3.36. The molecular weight excluding hydrogens is 482 g/mol. The average Bonchev–Trinajstić information content (AvgIpc) is 2.80. The van der Waals surface area contributed by atoms with E-state index in [0.29, 0.717) is 6.07 Å². The fourth-order valence-corrected chi connectivity index (χ4v) is 3.36. The van der Waals surface area contributed by atoms with Crippen molar-refractivity contribution in [3.8, 4) is 17.7 Å². The van der Waals surface area contributed by atoms with Gasteiger partial charge in [0.25, 0.3) is 6.02 Å². The second kappa shape index (κ2) is 10.2. The first-order valence-corrected chi connectivity index (χ1v) is 10.00. The Morgan fingerprint density at radius 3 is 2.63 bits per heavy atom. The minimum absolute atomic E-state index is 0.0552. The topological polar surface area (TPSA) is 99.7 Å². The number of halogens is 6. The van der Waals surface area contributed by atoms with Gasteiger partial charge in [-0.25, -0.2) is 28.1 Å². The van der Waals surface area contributed by atoms with Gasteiger partial charge in [-0.05, 0) is 24.6 Å². The maximum atomic E-state index is 14.7. The van der Waals surface area contributed by atoms with Gasteiger partial charge in [0.15, 0.2) is 30.1 Å². The van der Waals surface area contributed by atoms with Crippen LogP contribution in [0.15, 0.2) is 29.5 Å². The van der Waals surface area contributed by atoms with Crippen molar-refractivity contribution in [1.82, 2.24) is 9.97 Å². The van der Waals surface area contributed by atoms with Gasteiger partial charge in [-0.2, -0.15) is 13.2 Å². The summed E-state index contributed by atoms with van der Waals surface area (Å²) in [7, 11) is 0. The van der Waals surface area contributed by atoms with E-state index in [4.69, 9.17) is 10.5 Å². The van der Waals surface area contributed by atoms with Crippen LogP contribution in [-0.2, 0) is 16.7 Å². The predicted octanol–water partition coefficient (Wildman–Crippen LogP) is 3.41. The van der Waals surface area contributed by atoms with Crippen LogP contribution >= 0.6 is 0 Å². The third-order valence-electron chi connectivity index (χ3n) is 5.03. The van der Waals surface area contributed by atoms with Crippen LogP contribution in [-0.4, -0.2) is 47.3 Å². The van der Waals surface area contributed by atoms with Gasteiger partial charge in [0.1, 0.15) is 17.9 Å². The quantitative estimate of drug-likeness (QED) is 0.356. The lowest BCUT2D eigenvalue weighted by Gasteiger charge is -2.36. The molecule has 3 rings (SSSR count). The average molecular weight is 500 g/mol. The van der Waals surface area contributed by atoms with Crippen molar-refractivity contribution in [2.75, 3.05) is 13.3 Å². The number of alkyl halides is 4. The number of aromatic nitrogens is 2. The molecule has 1 aliphatic rings. The molecule has 0 spiro atoms. The Hall–Kier alpha value is -3.82. The normalized spacial score (nSPS) is 19.7. The standard InChI is InChI=1S/C22H18F6N4O3/c1-2-3-4-34-18-10-30-15(9-31-18)16(33)7-12-5-13(19(25)14(24)6-12)21(11-23)8-17(22(26,27)28)35-20(29)32-21/h5-6,9-10,17H,4,7-8,11H2,1H3,(H2,29,32)/t17-,21+/m0/s1. The smallest absolute Gasteiger partial charge is 0.425 e. The van der Waals surface area contributed by atoms with E-state index in [-0.39, 0.29) is 23.7 Å². The van der Waals surface area contributed by atoms with Crippen LogP contribution < -0.4 is 10.5 Å². The van der Waals surface area contributed by atoms with Crippen LogP contribution in [0.2, 0.25) is 0 Å². The molecule has 0 bridgehead atoms. The van der Waals surface area contributed by atoms with E-state index in [1.54, 1.807) is 6.92 Å². The van der Waals surface area contributed by atoms with Crippen LogP contribution in [0.1, 0.15) is 35.0 Å². The Kier molecular flexibility index (Phi) is 7.52. The van der Waals surface area contributed by atoms with Gasteiger partial charge in [0.2, 0.25) is 5.88 Å². The van der Waals surface area contributed by atoms with Crippen molar-refractivity contribution in [3.05, 3.63) is 53.0 Å². The molecule has 186 valence electrons. The zero-order valence-corrected chi connectivity index (χ0v) is 18.1. The Labute approximate surface area is 195 Å². The highest BCUT2D eigenvalue weighted by Gasteiger charge is 2.52. The van der Waals surface area contributed by atoms with E-state index in [1.807, 2.05) is 0 Å². The van der Waals surface area contributed by atoms with E-state index >= 15 is 0 Å². The first-order chi connectivity index (χ1) is 16.5. The molecule has 2 aromatic rings. The zero-order valence-electron chi connectivity index (χ0n) is 18.1. The third kappa shape index (κ3) is 5.82. The van der Waals surface area contributed by atoms with Crippen molar-refractivity contribution >= 4 is 11.8 Å². The van der Waals surface area contributed by atoms with Crippen LogP contribution in [0.4, 0.5) is 26.3 Å². The molecule has 2 heterocycles. The summed E-state index contributed by atoms with van der Waals surface area (Å²) in [5.74, 6) is 1.56. The number of nitrogens with zero attached hydrogens (tertiary/aromatic N) is 3. The van der Waals surface area contributed by atoms with Gasteiger partial charge in [0.05, 0.1) is 12.4 Å². The maximum Gasteiger partial charge on any atom is 0.425 e. The summed E-state index contributed by atoms with van der Waals surface area (Å²) in [4.78, 5) is 23.9. The number of nitrogens with two attached hydrogens (primary N) is 1. The van der Waals surface area contributed by atoms with E-state index in [2.05, 4.69) is 31.5 Å². The first kappa shape index (κ1) is 25.8. The van der Waals surface area contributed by atoms with Crippen LogP contribution in [0.25, 0.3) is 0 Å². The lowest BCUT2D eigenvalue weighted by Crippen LogP contribution is -2.48. The molecule has 0 fully saturated rings. The number of hydrogen-bond donors (Lipinski definition) is 1. The fraction of sp³-hybridized carbons (Fsp3) is 0.364. The van der Waals surface area contributed by atoms with E-state index in [1.165, 1.54) is 0 Å². The second-order valence-electron chi connectivity index (χ2n) is 7.46. The number of aliphatic imine (C=N–C) groups is 1. The summed E-state index contributed by atoms with van der Waals surface area (Å²) in [6.45, 7) is 0.0420. The monoisotopic (exact) mass is 500 g/mol. The number of benzene rings is 1. The number of rotatable bonds is 7. The summed E-state index contributed by atoms with van der Waals surface area (Å²) in [6, 6.07) is 0.518. The predicted molar refractivity (Wildman–Crippen MR) is 110 cm³/mol. The summed E-state index contributed by atoms with van der Waals surface area (Å²) in [5, 5.41) is 0. The van der Waals surface area contributed by atoms with Gasteiger partial charge in [-0.15, -0.1) is 5.92 Å². The molecule has 0 amide bonds. The molecule has 1 aromatic heterocycles. The molecule has 35 heavy (non-hydrogen) atoms. The molecule has 2 atom stereocenters. The van der Waals surface area contributed by atoms with Crippen molar-refractivity contribution in [1.29, 1.82) is 0 Å². The van der Waals surface area contributed by atoms with E-state index in [9.17, 15) is 31.1 Å². The lowest BCUT2D eigenvalue weighted by molar-refractivity contribution is -0.209. The number of ketones is 1. The molecule has 0 aliphatic carbocycles. The van der Waals surface area contributed by atoms with Crippen molar-refractivity contribution in [3.63, 3.8) is 0 Å².